The zero-order valence-corrected chi connectivity index (χ0v) is 29.2. The number of halogens is 21. The summed E-state index contributed by atoms with van der Waals surface area (Å²) in [6.07, 6.45) is -3.52. The van der Waals surface area contributed by atoms with Crippen molar-refractivity contribution in [3.8, 4) is 5.75 Å². The molecule has 0 aliphatic rings. The van der Waals surface area contributed by atoms with Crippen molar-refractivity contribution >= 4 is 43.9 Å². The standard InChI is InChI=1S/C24BF20.C11H9BrNO/c26-5-1(6(27)14(35)21(42)13(5)34)25(2-7(28)15(36)22(43)16(37)8(2)29,3-9(30)17(38)23(44)18(39)10(3)31)4-11(32)19(40)24(45)20(41)12(4)33;12-10-4-6-11(7-5-10)14-13-8-2-1-3-9-13/h;1-9H/q-1;+1. The quantitative estimate of drug-likeness (QED) is 0.0538. The highest BCUT2D eigenvalue weighted by molar-refractivity contribution is 9.10. The number of hydrogen-bond acceptors (Lipinski definition) is 1. The van der Waals surface area contributed by atoms with E-state index in [2.05, 4.69) is 15.9 Å². The van der Waals surface area contributed by atoms with Gasteiger partial charge in [-0.15, -0.1) is 21.9 Å². The second kappa shape index (κ2) is 16.4. The second-order valence-corrected chi connectivity index (χ2v) is 12.5. The van der Waals surface area contributed by atoms with Crippen molar-refractivity contribution in [3.63, 3.8) is 0 Å². The maximum Gasteiger partial charge on any atom is 0.223 e. The molecular weight excluding hydrogens is 921 g/mol. The molecule has 0 aliphatic carbocycles. The molecule has 310 valence electrons. The summed E-state index contributed by atoms with van der Waals surface area (Å²) in [5.74, 6) is -70.6. The van der Waals surface area contributed by atoms with E-state index >= 15 is 35.1 Å². The largest absolute Gasteiger partial charge is 0.232 e. The van der Waals surface area contributed by atoms with Gasteiger partial charge >= 0.3 is 0 Å². The van der Waals surface area contributed by atoms with Crippen LogP contribution in [0.15, 0.2) is 59.3 Å². The number of benzene rings is 5. The van der Waals surface area contributed by atoms with Gasteiger partial charge in [-0.1, -0.05) is 22.0 Å². The van der Waals surface area contributed by atoms with Crippen LogP contribution in [-0.2, 0) is 0 Å². The Bertz CT molecular complexity index is 2270. The third-order valence-corrected chi connectivity index (χ3v) is 8.95. The fourth-order valence-corrected chi connectivity index (χ4v) is 6.20. The topological polar surface area (TPSA) is 13.1 Å². The van der Waals surface area contributed by atoms with Crippen molar-refractivity contribution in [1.29, 1.82) is 0 Å². The highest BCUT2D eigenvalue weighted by Gasteiger charge is 2.52. The Morgan fingerprint density at radius 2 is 0.542 bits per heavy atom. The van der Waals surface area contributed by atoms with Crippen molar-refractivity contribution < 1.29 is 97.4 Å². The smallest absolute Gasteiger partial charge is 0.223 e. The van der Waals surface area contributed by atoms with Gasteiger partial charge in [-0.25, -0.2) is 92.6 Å². The molecule has 0 saturated carbocycles. The molecule has 24 heteroatoms. The van der Waals surface area contributed by atoms with E-state index in [1.807, 2.05) is 54.9 Å². The normalized spacial score (nSPS) is 11.5. The highest BCUT2D eigenvalue weighted by Crippen LogP contribution is 2.30. The van der Waals surface area contributed by atoms with E-state index in [0.717, 1.165) is 10.2 Å². The van der Waals surface area contributed by atoms with Gasteiger partial charge in [0.1, 0.15) is 52.7 Å². The summed E-state index contributed by atoms with van der Waals surface area (Å²) in [7, 11) is 0. The SMILES string of the molecule is Brc1ccc(O[n+]2ccccc2)cc1.Fc1c(F)c(F)c([B-](c2c(F)c(F)c(F)c(F)c2F)(c2c(F)c(F)c(F)c(F)c2F)c2c(F)c(F)c(F)c(F)c2F)c(F)c1F. The summed E-state index contributed by atoms with van der Waals surface area (Å²) in [6, 6.07) is 13.5. The molecule has 1 aromatic heterocycles. The summed E-state index contributed by atoms with van der Waals surface area (Å²) in [6.45, 7) is 0. The van der Waals surface area contributed by atoms with Gasteiger partial charge in [-0.05, 0) is 24.3 Å². The molecule has 1 heterocycles. The summed E-state index contributed by atoms with van der Waals surface area (Å²) < 4.78 is 297. The molecule has 0 atom stereocenters. The molecule has 59 heavy (non-hydrogen) atoms. The molecule has 0 saturated heterocycles. The Balaban J connectivity index is 0.000000395. The predicted octanol–water partition coefficient (Wildman–Crippen LogP) is 8.42. The van der Waals surface area contributed by atoms with Crippen molar-refractivity contribution in [2.45, 2.75) is 0 Å². The van der Waals surface area contributed by atoms with Crippen molar-refractivity contribution in [2.24, 2.45) is 0 Å². The van der Waals surface area contributed by atoms with Crippen LogP contribution in [0.25, 0.3) is 0 Å². The molecule has 0 aliphatic heterocycles. The average Bonchev–Trinajstić information content (AvgIpc) is 3.22. The molecule has 6 aromatic rings. The van der Waals surface area contributed by atoms with Crippen LogP contribution in [0.1, 0.15) is 0 Å². The van der Waals surface area contributed by atoms with Gasteiger partial charge in [0.15, 0.2) is 69.8 Å². The van der Waals surface area contributed by atoms with Crippen LogP contribution in [0.3, 0.4) is 0 Å². The molecule has 0 fully saturated rings. The van der Waals surface area contributed by atoms with Gasteiger partial charge in [-0.3, -0.25) is 0 Å². The Morgan fingerprint density at radius 1 is 0.322 bits per heavy atom. The van der Waals surface area contributed by atoms with E-state index < -0.39 is 144 Å². The Kier molecular flexibility index (Phi) is 12.4. The second-order valence-electron chi connectivity index (χ2n) is 11.6. The van der Waals surface area contributed by atoms with E-state index in [1.165, 1.54) is 0 Å². The minimum absolute atomic E-state index is 0.810. The lowest BCUT2D eigenvalue weighted by Gasteiger charge is -2.44. The minimum atomic E-state index is -7.22. The van der Waals surface area contributed by atoms with Crippen LogP contribution in [0, 0.1) is 116 Å². The average molecular weight is 930 g/mol. The zero-order valence-electron chi connectivity index (χ0n) is 27.6. The Morgan fingerprint density at radius 3 is 0.780 bits per heavy atom. The summed E-state index contributed by atoms with van der Waals surface area (Å²) in [5.41, 5.74) is -14.3. The van der Waals surface area contributed by atoms with E-state index in [0.29, 0.717) is 0 Å². The van der Waals surface area contributed by atoms with Crippen molar-refractivity contribution in [1.82, 2.24) is 0 Å². The third-order valence-electron chi connectivity index (χ3n) is 8.42. The van der Waals surface area contributed by atoms with Gasteiger partial charge in [0.05, 0.1) is 0 Å². The van der Waals surface area contributed by atoms with E-state index in [9.17, 15) is 52.7 Å². The summed E-state index contributed by atoms with van der Waals surface area (Å²) in [5, 5.41) is 0. The van der Waals surface area contributed by atoms with E-state index in [4.69, 9.17) is 4.84 Å². The van der Waals surface area contributed by atoms with Gasteiger partial charge < -0.3 is 0 Å². The number of pyridine rings is 1. The lowest BCUT2D eigenvalue weighted by molar-refractivity contribution is -0.875. The van der Waals surface area contributed by atoms with Crippen molar-refractivity contribution in [2.75, 3.05) is 0 Å². The van der Waals surface area contributed by atoms with Crippen LogP contribution in [0.2, 0.25) is 0 Å². The van der Waals surface area contributed by atoms with E-state index in [1.54, 1.807) is 4.73 Å². The first-order valence-corrected chi connectivity index (χ1v) is 16.0. The Labute approximate surface area is 322 Å². The minimum Gasteiger partial charge on any atom is -0.232 e. The van der Waals surface area contributed by atoms with Crippen LogP contribution in [0.5, 0.6) is 5.75 Å². The van der Waals surface area contributed by atoms with E-state index in [-0.39, 0.29) is 0 Å². The lowest BCUT2D eigenvalue weighted by Crippen LogP contribution is -2.81. The van der Waals surface area contributed by atoms with Gasteiger partial charge in [0.2, 0.25) is 18.1 Å². The number of rotatable bonds is 6. The molecule has 6 rings (SSSR count). The first-order chi connectivity index (χ1) is 27.5. The fourth-order valence-electron chi connectivity index (χ4n) is 5.94. The van der Waals surface area contributed by atoms with Crippen molar-refractivity contribution in [3.05, 3.63) is 176 Å². The summed E-state index contributed by atoms with van der Waals surface area (Å²) in [4.78, 5) is 5.53. The molecular formula is C35H9BBrF20NO. The summed E-state index contributed by atoms with van der Waals surface area (Å²) >= 11 is 3.37. The lowest BCUT2D eigenvalue weighted by atomic mass is 9.12. The monoisotopic (exact) mass is 929 g/mol. The predicted molar refractivity (Wildman–Crippen MR) is 166 cm³/mol. The van der Waals surface area contributed by atoms with Crippen LogP contribution in [0.4, 0.5) is 87.8 Å². The number of hydrogen-bond donors (Lipinski definition) is 0. The van der Waals surface area contributed by atoms with Crippen LogP contribution < -0.4 is 31.4 Å². The molecule has 0 radical (unpaired) electrons. The molecule has 0 unspecified atom stereocenters. The highest BCUT2D eigenvalue weighted by atomic mass is 79.9. The molecule has 5 aromatic carbocycles. The zero-order chi connectivity index (χ0) is 44.2. The molecule has 0 bridgehead atoms. The fraction of sp³-hybridized carbons (Fsp3) is 0. The maximum atomic E-state index is 15.4. The number of aromatic nitrogens is 1. The van der Waals surface area contributed by atoms with Gasteiger partial charge in [0, 0.05) is 21.3 Å². The molecule has 0 spiro atoms. The third kappa shape index (κ3) is 7.09. The van der Waals surface area contributed by atoms with Gasteiger partial charge in [0.25, 0.3) is 0 Å². The number of nitrogens with zero attached hydrogens (tertiary/aromatic N) is 1. The van der Waals surface area contributed by atoms with Gasteiger partial charge in [-0.2, -0.15) is 0 Å². The maximum absolute atomic E-state index is 15.4. The molecule has 2 nitrogen and oxygen atoms in total. The van der Waals surface area contributed by atoms with Crippen LogP contribution in [-0.4, -0.2) is 6.15 Å². The Hall–Kier alpha value is -5.81. The first-order valence-electron chi connectivity index (χ1n) is 15.2. The molecule has 0 N–H and O–H groups in total. The first kappa shape index (κ1) is 44.3. The van der Waals surface area contributed by atoms with Crippen LogP contribution >= 0.6 is 15.9 Å². The molecule has 0 amide bonds.